The van der Waals surface area contributed by atoms with Crippen molar-refractivity contribution in [2.24, 2.45) is 0 Å². The molecule has 5 nitrogen and oxygen atoms in total. The van der Waals surface area contributed by atoms with E-state index in [9.17, 15) is 0 Å². The van der Waals surface area contributed by atoms with Crippen molar-refractivity contribution >= 4 is 28.0 Å². The fourth-order valence-electron chi connectivity index (χ4n) is 3.78. The molecule has 5 heteroatoms. The number of rotatable bonds is 5. The Balaban J connectivity index is 0.00000106. The van der Waals surface area contributed by atoms with Crippen LogP contribution in [0, 0.1) is 0 Å². The van der Waals surface area contributed by atoms with Gasteiger partial charge in [-0.15, -0.1) is 0 Å². The van der Waals surface area contributed by atoms with Gasteiger partial charge in [-0.1, -0.05) is 32.0 Å². The average molecular weight is 401 g/mol. The lowest BCUT2D eigenvalue weighted by Gasteiger charge is -2.31. The molecule has 5 rings (SSSR count). The number of H-pyrrole nitrogens is 1. The molecule has 1 aliphatic heterocycles. The molecule has 0 fully saturated rings. The molecule has 0 bridgehead atoms. The summed E-state index contributed by atoms with van der Waals surface area (Å²) in [7, 11) is 0. The number of aromatic nitrogens is 2. The highest BCUT2D eigenvalue weighted by Crippen LogP contribution is 2.35. The minimum absolute atomic E-state index is 0.708. The first-order valence-corrected chi connectivity index (χ1v) is 10.6. The first-order valence-electron chi connectivity index (χ1n) is 10.6. The zero-order valence-corrected chi connectivity index (χ0v) is 17.6. The van der Waals surface area contributed by atoms with Gasteiger partial charge >= 0.3 is 0 Å². The van der Waals surface area contributed by atoms with Crippen LogP contribution in [0.2, 0.25) is 0 Å². The van der Waals surface area contributed by atoms with Crippen molar-refractivity contribution < 1.29 is 4.74 Å². The molecule has 0 amide bonds. The third kappa shape index (κ3) is 4.25. The van der Waals surface area contributed by atoms with Crippen molar-refractivity contribution in [3.05, 3.63) is 78.8 Å². The number of pyridine rings is 1. The lowest BCUT2D eigenvalue weighted by molar-refractivity contribution is 0.308. The number of nitrogens with one attached hydrogen (secondary N) is 2. The van der Waals surface area contributed by atoms with E-state index >= 15 is 0 Å². The third-order valence-corrected chi connectivity index (χ3v) is 5.21. The Bertz CT molecular complexity index is 1090. The molecular weight excluding hydrogens is 372 g/mol. The molecule has 30 heavy (non-hydrogen) atoms. The van der Waals surface area contributed by atoms with E-state index in [0.29, 0.717) is 6.61 Å². The van der Waals surface area contributed by atoms with E-state index in [2.05, 4.69) is 68.8 Å². The van der Waals surface area contributed by atoms with Gasteiger partial charge in [-0.05, 0) is 42.3 Å². The first kappa shape index (κ1) is 19.8. The normalized spacial score (nSPS) is 12.5. The van der Waals surface area contributed by atoms with Gasteiger partial charge in [0, 0.05) is 53.5 Å². The van der Waals surface area contributed by atoms with Crippen molar-refractivity contribution in [2.75, 3.05) is 29.9 Å². The minimum atomic E-state index is 0.708. The van der Waals surface area contributed by atoms with Gasteiger partial charge in [0.1, 0.15) is 12.4 Å². The van der Waals surface area contributed by atoms with Gasteiger partial charge in [-0.2, -0.15) is 0 Å². The lowest BCUT2D eigenvalue weighted by Crippen LogP contribution is -2.34. The van der Waals surface area contributed by atoms with Crippen LogP contribution < -0.4 is 15.0 Å². The molecule has 0 spiro atoms. The molecule has 2 N–H and O–H groups in total. The predicted molar refractivity (Wildman–Crippen MR) is 125 cm³/mol. The van der Waals surface area contributed by atoms with E-state index in [0.717, 1.165) is 42.3 Å². The number of nitrogens with zero attached hydrogens (tertiary/aromatic N) is 2. The zero-order chi connectivity index (χ0) is 20.8. The lowest BCUT2D eigenvalue weighted by atomic mass is 10.1. The Kier molecular flexibility index (Phi) is 6.18. The van der Waals surface area contributed by atoms with Crippen LogP contribution in [-0.4, -0.2) is 29.7 Å². The SMILES string of the molecule is CC.c1ccc2c(CCN3CCOc4cc(Nc5ccncc5)ccc43)c[nH]c2c1. The Morgan fingerprint density at radius 1 is 1.03 bits per heavy atom. The second-order valence-electron chi connectivity index (χ2n) is 6.99. The highest BCUT2D eigenvalue weighted by molar-refractivity contribution is 5.83. The van der Waals surface area contributed by atoms with Crippen LogP contribution in [-0.2, 0) is 6.42 Å². The topological polar surface area (TPSA) is 53.2 Å². The minimum Gasteiger partial charge on any atom is -0.489 e. The third-order valence-electron chi connectivity index (χ3n) is 5.21. The Morgan fingerprint density at radius 3 is 2.73 bits per heavy atom. The number of ether oxygens (including phenoxy) is 1. The van der Waals surface area contributed by atoms with E-state index in [4.69, 9.17) is 4.74 Å². The highest BCUT2D eigenvalue weighted by atomic mass is 16.5. The van der Waals surface area contributed by atoms with Crippen LogP contribution in [0.5, 0.6) is 5.75 Å². The molecule has 1 aliphatic rings. The van der Waals surface area contributed by atoms with E-state index in [-0.39, 0.29) is 0 Å². The molecule has 4 aromatic rings. The number of hydrogen-bond donors (Lipinski definition) is 2. The molecule has 154 valence electrons. The number of para-hydroxylation sites is 1. The monoisotopic (exact) mass is 400 g/mol. The Hall–Kier alpha value is -3.47. The maximum absolute atomic E-state index is 5.94. The molecule has 2 aromatic heterocycles. The summed E-state index contributed by atoms with van der Waals surface area (Å²) < 4.78 is 5.94. The summed E-state index contributed by atoms with van der Waals surface area (Å²) in [4.78, 5) is 9.84. The molecule has 0 radical (unpaired) electrons. The predicted octanol–water partition coefficient (Wildman–Crippen LogP) is 5.77. The second-order valence-corrected chi connectivity index (χ2v) is 6.99. The fraction of sp³-hybridized carbons (Fsp3) is 0.240. The Labute approximate surface area is 177 Å². The van der Waals surface area contributed by atoms with Gasteiger partial charge in [-0.25, -0.2) is 0 Å². The van der Waals surface area contributed by atoms with E-state index in [1.54, 1.807) is 12.4 Å². The van der Waals surface area contributed by atoms with Crippen LogP contribution in [0.4, 0.5) is 17.1 Å². The van der Waals surface area contributed by atoms with Gasteiger partial charge in [0.25, 0.3) is 0 Å². The van der Waals surface area contributed by atoms with Crippen LogP contribution in [0.1, 0.15) is 19.4 Å². The van der Waals surface area contributed by atoms with Gasteiger partial charge in [-0.3, -0.25) is 4.98 Å². The van der Waals surface area contributed by atoms with Crippen LogP contribution in [0.3, 0.4) is 0 Å². The van der Waals surface area contributed by atoms with Crippen LogP contribution >= 0.6 is 0 Å². The van der Waals surface area contributed by atoms with Crippen LogP contribution in [0.25, 0.3) is 10.9 Å². The standard InChI is InChI=1S/C23H22N4O.C2H6/c1-2-4-21-20(3-1)17(16-25-21)9-12-27-13-14-28-23-15-19(5-6-22(23)27)26-18-7-10-24-11-8-18;1-2/h1-8,10-11,15-16,25H,9,12-14H2,(H,24,26);1-2H3. The van der Waals surface area contributed by atoms with Crippen molar-refractivity contribution in [3.8, 4) is 5.75 Å². The summed E-state index contributed by atoms with van der Waals surface area (Å²) in [5, 5.41) is 4.71. The van der Waals surface area contributed by atoms with Gasteiger partial charge in [0.05, 0.1) is 12.2 Å². The van der Waals surface area contributed by atoms with Crippen molar-refractivity contribution in [2.45, 2.75) is 20.3 Å². The highest BCUT2D eigenvalue weighted by Gasteiger charge is 2.18. The molecule has 0 atom stereocenters. The van der Waals surface area contributed by atoms with E-state index < -0.39 is 0 Å². The number of aromatic amines is 1. The maximum Gasteiger partial charge on any atom is 0.144 e. The molecule has 0 unspecified atom stereocenters. The molecule has 3 heterocycles. The fourth-order valence-corrected chi connectivity index (χ4v) is 3.78. The number of fused-ring (bicyclic) bond motifs is 2. The Morgan fingerprint density at radius 2 is 1.87 bits per heavy atom. The van der Waals surface area contributed by atoms with Crippen molar-refractivity contribution in [1.82, 2.24) is 9.97 Å². The largest absolute Gasteiger partial charge is 0.489 e. The number of anilines is 3. The number of benzene rings is 2. The summed E-state index contributed by atoms with van der Waals surface area (Å²) in [5.74, 6) is 0.934. The summed E-state index contributed by atoms with van der Waals surface area (Å²) >= 11 is 0. The first-order chi connectivity index (χ1) is 14.9. The second kappa shape index (κ2) is 9.35. The average Bonchev–Trinajstić information content (AvgIpc) is 3.23. The zero-order valence-electron chi connectivity index (χ0n) is 17.6. The summed E-state index contributed by atoms with van der Waals surface area (Å²) in [6.07, 6.45) is 6.70. The van der Waals surface area contributed by atoms with Gasteiger partial charge < -0.3 is 19.9 Å². The smallest absolute Gasteiger partial charge is 0.144 e. The quantitative estimate of drug-likeness (QED) is 0.446. The summed E-state index contributed by atoms with van der Waals surface area (Å²) in [6, 6.07) is 18.7. The van der Waals surface area contributed by atoms with Crippen LogP contribution in [0.15, 0.2) is 73.2 Å². The molecule has 0 saturated carbocycles. The van der Waals surface area contributed by atoms with E-state index in [1.165, 1.54) is 16.5 Å². The van der Waals surface area contributed by atoms with Crippen molar-refractivity contribution in [1.29, 1.82) is 0 Å². The maximum atomic E-state index is 5.94. The summed E-state index contributed by atoms with van der Waals surface area (Å²) in [5.41, 5.74) is 5.75. The van der Waals surface area contributed by atoms with Gasteiger partial charge in [0.15, 0.2) is 0 Å². The number of hydrogen-bond acceptors (Lipinski definition) is 4. The molecule has 0 aliphatic carbocycles. The van der Waals surface area contributed by atoms with E-state index in [1.807, 2.05) is 26.0 Å². The van der Waals surface area contributed by atoms with Crippen molar-refractivity contribution in [3.63, 3.8) is 0 Å². The molecular formula is C25H28N4O. The molecule has 2 aromatic carbocycles. The van der Waals surface area contributed by atoms with Gasteiger partial charge in [0.2, 0.25) is 0 Å². The summed E-state index contributed by atoms with van der Waals surface area (Å²) in [6.45, 7) is 6.58. The molecule has 0 saturated heterocycles.